The first-order valence-electron chi connectivity index (χ1n) is 7.70. The van der Waals surface area contributed by atoms with Crippen LogP contribution in [0.1, 0.15) is 43.9 Å². The second kappa shape index (κ2) is 7.00. The van der Waals surface area contributed by atoms with Crippen LogP contribution in [-0.4, -0.2) is 35.5 Å². The first kappa shape index (κ1) is 15.9. The fraction of sp³-hybridized carbons (Fsp3) is 0.625. The van der Waals surface area contributed by atoms with Gasteiger partial charge in [-0.2, -0.15) is 0 Å². The number of likely N-dealkylation sites (tertiary alicyclic amines) is 1. The number of nitro groups is 1. The van der Waals surface area contributed by atoms with Gasteiger partial charge in [-0.25, -0.2) is 0 Å². The van der Waals surface area contributed by atoms with Gasteiger partial charge in [0.15, 0.2) is 0 Å². The van der Waals surface area contributed by atoms with E-state index in [0.717, 1.165) is 12.1 Å². The molecule has 2 rings (SSSR count). The Balaban J connectivity index is 1.97. The van der Waals surface area contributed by atoms with E-state index >= 15 is 0 Å². The van der Waals surface area contributed by atoms with Gasteiger partial charge in [0.1, 0.15) is 0 Å². The van der Waals surface area contributed by atoms with Crippen molar-refractivity contribution in [1.82, 2.24) is 10.2 Å². The second-order valence-electron chi connectivity index (χ2n) is 6.10. The molecule has 1 aliphatic heterocycles. The molecule has 0 radical (unpaired) electrons. The molecule has 1 aromatic carbocycles. The van der Waals surface area contributed by atoms with Gasteiger partial charge in [0, 0.05) is 30.3 Å². The highest BCUT2D eigenvalue weighted by Gasteiger charge is 2.18. The molecule has 0 bridgehead atoms. The molecule has 5 nitrogen and oxygen atoms in total. The molecule has 1 N–H and O–H groups in total. The average molecular weight is 291 g/mol. The summed E-state index contributed by atoms with van der Waals surface area (Å²) in [4.78, 5) is 13.2. The smallest absolute Gasteiger partial charge is 0.272 e. The maximum absolute atomic E-state index is 11.0. The lowest BCUT2D eigenvalue weighted by Gasteiger charge is -2.25. The second-order valence-corrected chi connectivity index (χ2v) is 6.10. The van der Waals surface area contributed by atoms with Crippen molar-refractivity contribution in [2.75, 3.05) is 19.6 Å². The number of nitro benzene ring substituents is 1. The Morgan fingerprint density at radius 3 is 2.62 bits per heavy atom. The van der Waals surface area contributed by atoms with Crippen LogP contribution in [0.25, 0.3) is 0 Å². The number of rotatable bonds is 6. The zero-order valence-corrected chi connectivity index (χ0v) is 13.1. The maximum Gasteiger partial charge on any atom is 0.272 e. The zero-order valence-electron chi connectivity index (χ0n) is 13.1. The molecular formula is C16H25N3O2. The van der Waals surface area contributed by atoms with Crippen molar-refractivity contribution < 1.29 is 4.92 Å². The summed E-state index contributed by atoms with van der Waals surface area (Å²) in [5.74, 6) is 0. The number of nitrogens with one attached hydrogen (secondary N) is 1. The number of aryl methyl sites for hydroxylation is 1. The van der Waals surface area contributed by atoms with E-state index in [1.54, 1.807) is 13.0 Å². The van der Waals surface area contributed by atoms with Crippen LogP contribution >= 0.6 is 0 Å². The van der Waals surface area contributed by atoms with Gasteiger partial charge in [-0.05, 0) is 52.3 Å². The van der Waals surface area contributed by atoms with E-state index in [0.29, 0.717) is 11.6 Å². The zero-order chi connectivity index (χ0) is 15.4. The van der Waals surface area contributed by atoms with Crippen LogP contribution in [0.4, 0.5) is 5.69 Å². The Morgan fingerprint density at radius 2 is 2.00 bits per heavy atom. The van der Waals surface area contributed by atoms with Gasteiger partial charge >= 0.3 is 0 Å². The van der Waals surface area contributed by atoms with Crippen LogP contribution in [0.3, 0.4) is 0 Å². The molecule has 21 heavy (non-hydrogen) atoms. The molecule has 0 spiro atoms. The van der Waals surface area contributed by atoms with Gasteiger partial charge in [0.25, 0.3) is 5.69 Å². The third-order valence-corrected chi connectivity index (χ3v) is 4.20. The summed E-state index contributed by atoms with van der Waals surface area (Å²) in [6.45, 7) is 9.44. The van der Waals surface area contributed by atoms with Crippen molar-refractivity contribution >= 4 is 5.69 Å². The lowest BCUT2D eigenvalue weighted by molar-refractivity contribution is -0.385. The standard InChI is InChI=1S/C16H25N3O2/c1-12-6-7-15(10-16(12)19(20)21)14(3)17-13(2)11-18-8-4-5-9-18/h6-7,10,13-14,17H,4-5,8-9,11H2,1-3H3. The molecule has 1 saturated heterocycles. The molecular weight excluding hydrogens is 266 g/mol. The van der Waals surface area contributed by atoms with Crippen molar-refractivity contribution in [3.8, 4) is 0 Å². The Morgan fingerprint density at radius 1 is 1.33 bits per heavy atom. The normalized spacial score (nSPS) is 18.6. The third kappa shape index (κ3) is 4.25. The van der Waals surface area contributed by atoms with E-state index in [9.17, 15) is 10.1 Å². The summed E-state index contributed by atoms with van der Waals surface area (Å²) in [5, 5.41) is 14.6. The molecule has 1 aromatic rings. The molecule has 1 aliphatic rings. The SMILES string of the molecule is Cc1ccc(C(C)NC(C)CN2CCCC2)cc1[N+](=O)[O-]. The first-order chi connectivity index (χ1) is 9.97. The van der Waals surface area contributed by atoms with Crippen LogP contribution in [0.15, 0.2) is 18.2 Å². The molecule has 0 saturated carbocycles. The monoisotopic (exact) mass is 291 g/mol. The highest BCUT2D eigenvalue weighted by molar-refractivity contribution is 5.43. The quantitative estimate of drug-likeness (QED) is 0.646. The van der Waals surface area contributed by atoms with Crippen molar-refractivity contribution in [2.45, 2.75) is 45.7 Å². The van der Waals surface area contributed by atoms with Gasteiger partial charge in [0.05, 0.1) is 4.92 Å². The van der Waals surface area contributed by atoms with E-state index in [1.165, 1.54) is 25.9 Å². The Bertz CT molecular complexity index is 498. The summed E-state index contributed by atoms with van der Waals surface area (Å²) in [7, 11) is 0. The summed E-state index contributed by atoms with van der Waals surface area (Å²) < 4.78 is 0. The molecule has 0 amide bonds. The van der Waals surface area contributed by atoms with Gasteiger partial charge in [-0.3, -0.25) is 10.1 Å². The maximum atomic E-state index is 11.0. The van der Waals surface area contributed by atoms with Crippen molar-refractivity contribution in [3.63, 3.8) is 0 Å². The molecule has 0 aromatic heterocycles. The average Bonchev–Trinajstić information content (AvgIpc) is 2.91. The first-order valence-corrected chi connectivity index (χ1v) is 7.70. The van der Waals surface area contributed by atoms with Gasteiger partial charge in [-0.15, -0.1) is 0 Å². The topological polar surface area (TPSA) is 58.4 Å². The predicted octanol–water partition coefficient (Wildman–Crippen LogP) is 3.04. The summed E-state index contributed by atoms with van der Waals surface area (Å²) in [5.41, 5.74) is 1.88. The fourth-order valence-electron chi connectivity index (χ4n) is 3.02. The molecule has 116 valence electrons. The Kier molecular flexibility index (Phi) is 5.31. The molecule has 2 unspecified atom stereocenters. The van der Waals surface area contributed by atoms with E-state index < -0.39 is 0 Å². The van der Waals surface area contributed by atoms with Crippen molar-refractivity contribution in [3.05, 3.63) is 39.4 Å². The molecule has 1 fully saturated rings. The van der Waals surface area contributed by atoms with Gasteiger partial charge in [-0.1, -0.05) is 12.1 Å². The minimum atomic E-state index is -0.306. The lowest BCUT2D eigenvalue weighted by Crippen LogP contribution is -2.39. The minimum Gasteiger partial charge on any atom is -0.306 e. The molecule has 2 atom stereocenters. The Hall–Kier alpha value is -1.46. The number of benzene rings is 1. The number of hydrogen-bond donors (Lipinski definition) is 1. The van der Waals surface area contributed by atoms with E-state index in [1.807, 2.05) is 12.1 Å². The van der Waals surface area contributed by atoms with E-state index in [4.69, 9.17) is 0 Å². The molecule has 1 heterocycles. The Labute approximate surface area is 126 Å². The van der Waals surface area contributed by atoms with Crippen LogP contribution in [0.2, 0.25) is 0 Å². The summed E-state index contributed by atoms with van der Waals surface area (Å²) in [6, 6.07) is 5.98. The van der Waals surface area contributed by atoms with E-state index in [2.05, 4.69) is 24.1 Å². The number of nitrogens with zero attached hydrogens (tertiary/aromatic N) is 2. The summed E-state index contributed by atoms with van der Waals surface area (Å²) >= 11 is 0. The van der Waals surface area contributed by atoms with Crippen LogP contribution < -0.4 is 5.32 Å². The van der Waals surface area contributed by atoms with Crippen LogP contribution in [0, 0.1) is 17.0 Å². The molecule has 0 aliphatic carbocycles. The highest BCUT2D eigenvalue weighted by Crippen LogP contribution is 2.23. The predicted molar refractivity (Wildman–Crippen MR) is 84.5 cm³/mol. The molecule has 5 heteroatoms. The lowest BCUT2D eigenvalue weighted by atomic mass is 10.0. The van der Waals surface area contributed by atoms with Crippen LogP contribution in [-0.2, 0) is 0 Å². The van der Waals surface area contributed by atoms with Crippen LogP contribution in [0.5, 0.6) is 0 Å². The van der Waals surface area contributed by atoms with Gasteiger partial charge in [0.2, 0.25) is 0 Å². The summed E-state index contributed by atoms with van der Waals surface area (Å²) in [6.07, 6.45) is 2.60. The van der Waals surface area contributed by atoms with Crippen molar-refractivity contribution in [2.24, 2.45) is 0 Å². The largest absolute Gasteiger partial charge is 0.306 e. The minimum absolute atomic E-state index is 0.113. The highest BCUT2D eigenvalue weighted by atomic mass is 16.6. The fourth-order valence-corrected chi connectivity index (χ4v) is 3.02. The van der Waals surface area contributed by atoms with Gasteiger partial charge < -0.3 is 10.2 Å². The van der Waals surface area contributed by atoms with Crippen molar-refractivity contribution in [1.29, 1.82) is 0 Å². The number of hydrogen-bond acceptors (Lipinski definition) is 4. The van der Waals surface area contributed by atoms with E-state index in [-0.39, 0.29) is 16.7 Å². The third-order valence-electron chi connectivity index (χ3n) is 4.20.